The molecule has 27 heavy (non-hydrogen) atoms. The van der Waals surface area contributed by atoms with Crippen molar-refractivity contribution in [3.8, 4) is 28.5 Å². The Morgan fingerprint density at radius 2 is 1.70 bits per heavy atom. The van der Waals surface area contributed by atoms with Gasteiger partial charge in [0.15, 0.2) is 15.7 Å². The van der Waals surface area contributed by atoms with Gasteiger partial charge in [-0.15, -0.1) is 0 Å². The number of hydrogen-bond donors (Lipinski definition) is 1. The number of fused-ring (bicyclic) bond motifs is 1. The highest BCUT2D eigenvalue weighted by atomic mass is 32.2. The zero-order valence-corrected chi connectivity index (χ0v) is 15.5. The predicted octanol–water partition coefficient (Wildman–Crippen LogP) is 3.10. The van der Waals surface area contributed by atoms with Crippen LogP contribution in [-0.2, 0) is 9.84 Å². The summed E-state index contributed by atoms with van der Waals surface area (Å²) in [7, 11) is -1.62. The number of aromatic amines is 1. The van der Waals surface area contributed by atoms with Gasteiger partial charge in [-0.05, 0) is 24.3 Å². The summed E-state index contributed by atoms with van der Waals surface area (Å²) in [6, 6.07) is 12.1. The average molecular weight is 380 g/mol. The fourth-order valence-corrected chi connectivity index (χ4v) is 3.36. The maximum atomic E-state index is 11.6. The van der Waals surface area contributed by atoms with Crippen LogP contribution in [0.25, 0.3) is 33.8 Å². The largest absolute Gasteiger partial charge is 0.497 e. The molecule has 0 aliphatic heterocycles. The van der Waals surface area contributed by atoms with Crippen LogP contribution in [0.3, 0.4) is 0 Å². The number of H-pyrrole nitrogens is 1. The molecule has 4 rings (SSSR count). The number of sulfone groups is 1. The van der Waals surface area contributed by atoms with Crippen molar-refractivity contribution < 1.29 is 13.2 Å². The topological polar surface area (TPSA) is 97.8 Å². The number of benzene rings is 2. The molecule has 0 unspecified atom stereocenters. The van der Waals surface area contributed by atoms with Gasteiger partial charge in [0.25, 0.3) is 0 Å². The zero-order chi connectivity index (χ0) is 19.0. The molecule has 0 spiro atoms. The summed E-state index contributed by atoms with van der Waals surface area (Å²) in [5.41, 5.74) is 3.64. The third kappa shape index (κ3) is 3.39. The van der Waals surface area contributed by atoms with Gasteiger partial charge in [0.1, 0.15) is 11.4 Å². The molecule has 0 fully saturated rings. The Morgan fingerprint density at radius 3 is 2.41 bits per heavy atom. The molecular formula is C19H16N4O3S. The van der Waals surface area contributed by atoms with Crippen LogP contribution in [-0.4, -0.2) is 41.7 Å². The minimum atomic E-state index is -3.23. The van der Waals surface area contributed by atoms with E-state index in [-0.39, 0.29) is 4.90 Å². The summed E-state index contributed by atoms with van der Waals surface area (Å²) in [5.74, 6) is 1.34. The smallest absolute Gasteiger partial charge is 0.175 e. The fraction of sp³-hybridized carbons (Fsp3) is 0.105. The van der Waals surface area contributed by atoms with Crippen LogP contribution in [0.2, 0.25) is 0 Å². The van der Waals surface area contributed by atoms with E-state index < -0.39 is 9.84 Å². The first-order chi connectivity index (χ1) is 12.9. The van der Waals surface area contributed by atoms with Crippen molar-refractivity contribution in [3.63, 3.8) is 0 Å². The van der Waals surface area contributed by atoms with Gasteiger partial charge in [0.05, 0.1) is 41.1 Å². The van der Waals surface area contributed by atoms with Crippen molar-refractivity contribution in [2.75, 3.05) is 13.4 Å². The molecule has 0 amide bonds. The molecule has 1 N–H and O–H groups in total. The number of ether oxygens (including phenoxy) is 1. The average Bonchev–Trinajstić information content (AvgIpc) is 3.11. The van der Waals surface area contributed by atoms with Gasteiger partial charge in [-0.3, -0.25) is 4.98 Å². The molecule has 7 nitrogen and oxygen atoms in total. The van der Waals surface area contributed by atoms with Crippen LogP contribution in [0.5, 0.6) is 5.75 Å². The number of rotatable bonds is 4. The Kier molecular flexibility index (Phi) is 4.12. The van der Waals surface area contributed by atoms with E-state index in [1.165, 1.54) is 6.26 Å². The summed E-state index contributed by atoms with van der Waals surface area (Å²) in [6.45, 7) is 0. The third-order valence-electron chi connectivity index (χ3n) is 4.14. The maximum absolute atomic E-state index is 11.6. The maximum Gasteiger partial charge on any atom is 0.175 e. The molecule has 0 radical (unpaired) electrons. The van der Waals surface area contributed by atoms with Gasteiger partial charge in [0.2, 0.25) is 0 Å². The highest BCUT2D eigenvalue weighted by molar-refractivity contribution is 7.90. The van der Waals surface area contributed by atoms with E-state index in [2.05, 4.69) is 19.9 Å². The van der Waals surface area contributed by atoms with Crippen molar-refractivity contribution in [1.29, 1.82) is 0 Å². The lowest BCUT2D eigenvalue weighted by Crippen LogP contribution is -1.97. The molecule has 0 saturated carbocycles. The lowest BCUT2D eigenvalue weighted by molar-refractivity contribution is 0.415. The standard InChI is InChI=1S/C19H16N4O3S/c1-26-13-5-8-15-16(9-13)23-19(22-15)18-11-20-10-17(21-18)12-3-6-14(7-4-12)27(2,24)25/h3-11H,1-2H3,(H,22,23). The highest BCUT2D eigenvalue weighted by Gasteiger charge is 2.11. The number of nitrogens with zero attached hydrogens (tertiary/aromatic N) is 3. The van der Waals surface area contributed by atoms with E-state index >= 15 is 0 Å². The zero-order valence-electron chi connectivity index (χ0n) is 14.7. The van der Waals surface area contributed by atoms with Crippen LogP contribution in [0, 0.1) is 0 Å². The van der Waals surface area contributed by atoms with E-state index in [4.69, 9.17) is 4.74 Å². The quantitative estimate of drug-likeness (QED) is 0.584. The lowest BCUT2D eigenvalue weighted by Gasteiger charge is -2.04. The van der Waals surface area contributed by atoms with Crippen molar-refractivity contribution >= 4 is 20.9 Å². The van der Waals surface area contributed by atoms with E-state index in [1.807, 2.05) is 18.2 Å². The first-order valence-corrected chi connectivity index (χ1v) is 10.00. The van der Waals surface area contributed by atoms with Crippen molar-refractivity contribution in [2.45, 2.75) is 4.90 Å². The molecule has 2 aromatic heterocycles. The molecule has 0 saturated heterocycles. The lowest BCUT2D eigenvalue weighted by atomic mass is 10.1. The van der Waals surface area contributed by atoms with Crippen molar-refractivity contribution in [1.82, 2.24) is 19.9 Å². The van der Waals surface area contributed by atoms with E-state index in [1.54, 1.807) is 43.8 Å². The summed E-state index contributed by atoms with van der Waals surface area (Å²) in [6.07, 6.45) is 4.44. The first-order valence-electron chi connectivity index (χ1n) is 8.11. The van der Waals surface area contributed by atoms with Crippen LogP contribution in [0.4, 0.5) is 0 Å². The molecule has 136 valence electrons. The monoisotopic (exact) mass is 380 g/mol. The molecule has 0 aliphatic rings. The van der Waals surface area contributed by atoms with Gasteiger partial charge < -0.3 is 9.72 Å². The second-order valence-electron chi connectivity index (χ2n) is 6.05. The van der Waals surface area contributed by atoms with Gasteiger partial charge in [-0.2, -0.15) is 0 Å². The number of aromatic nitrogens is 4. The normalized spacial score (nSPS) is 11.6. The number of nitrogens with one attached hydrogen (secondary N) is 1. The fourth-order valence-electron chi connectivity index (χ4n) is 2.73. The van der Waals surface area contributed by atoms with E-state index in [0.29, 0.717) is 17.2 Å². The van der Waals surface area contributed by atoms with E-state index in [9.17, 15) is 8.42 Å². The van der Waals surface area contributed by atoms with Gasteiger partial charge in [0, 0.05) is 17.9 Å². The summed E-state index contributed by atoms with van der Waals surface area (Å²) >= 11 is 0. The number of imidazole rings is 1. The van der Waals surface area contributed by atoms with Gasteiger partial charge >= 0.3 is 0 Å². The molecule has 2 heterocycles. The Morgan fingerprint density at radius 1 is 0.963 bits per heavy atom. The number of methoxy groups -OCH3 is 1. The Bertz CT molecular complexity index is 1230. The number of hydrogen-bond acceptors (Lipinski definition) is 6. The van der Waals surface area contributed by atoms with Crippen LogP contribution < -0.4 is 4.74 Å². The summed E-state index contributed by atoms with van der Waals surface area (Å²) in [4.78, 5) is 16.9. The minimum Gasteiger partial charge on any atom is -0.497 e. The summed E-state index contributed by atoms with van der Waals surface area (Å²) < 4.78 is 28.4. The molecule has 4 aromatic rings. The van der Waals surface area contributed by atoms with Gasteiger partial charge in [-0.25, -0.2) is 18.4 Å². The highest BCUT2D eigenvalue weighted by Crippen LogP contribution is 2.25. The summed E-state index contributed by atoms with van der Waals surface area (Å²) in [5, 5.41) is 0. The van der Waals surface area contributed by atoms with Crippen LogP contribution in [0.15, 0.2) is 59.8 Å². The molecular weight excluding hydrogens is 364 g/mol. The molecule has 8 heteroatoms. The molecule has 2 aromatic carbocycles. The predicted molar refractivity (Wildman–Crippen MR) is 102 cm³/mol. The minimum absolute atomic E-state index is 0.265. The Labute approximate surface area is 156 Å². The first kappa shape index (κ1) is 17.2. The molecule has 0 aliphatic carbocycles. The van der Waals surface area contributed by atoms with Crippen molar-refractivity contribution in [3.05, 3.63) is 54.9 Å². The SMILES string of the molecule is COc1ccc2nc(-c3cncc(-c4ccc(S(C)(=O)=O)cc4)n3)[nH]c2c1. The third-order valence-corrected chi connectivity index (χ3v) is 5.27. The Hall–Kier alpha value is -3.26. The van der Waals surface area contributed by atoms with E-state index in [0.717, 1.165) is 22.3 Å². The van der Waals surface area contributed by atoms with Crippen molar-refractivity contribution in [2.24, 2.45) is 0 Å². The molecule has 0 bridgehead atoms. The van der Waals surface area contributed by atoms with Gasteiger partial charge in [-0.1, -0.05) is 12.1 Å². The van der Waals surface area contributed by atoms with Crippen LogP contribution in [0.1, 0.15) is 0 Å². The Balaban J connectivity index is 1.72. The van der Waals surface area contributed by atoms with Crippen LogP contribution >= 0.6 is 0 Å². The second kappa shape index (κ2) is 6.48. The second-order valence-corrected chi connectivity index (χ2v) is 8.07. The molecule has 0 atom stereocenters.